The van der Waals surface area contributed by atoms with Crippen LogP contribution in [0.25, 0.3) is 0 Å². The third-order valence-electron chi connectivity index (χ3n) is 3.40. The molecule has 0 N–H and O–H groups in total. The van der Waals surface area contributed by atoms with Crippen molar-refractivity contribution in [2.24, 2.45) is 5.92 Å². The fourth-order valence-electron chi connectivity index (χ4n) is 2.22. The van der Waals surface area contributed by atoms with Gasteiger partial charge in [0.15, 0.2) is 0 Å². The number of rotatable bonds is 3. The van der Waals surface area contributed by atoms with E-state index in [1.165, 1.54) is 12.8 Å². The molecule has 1 saturated heterocycles. The molecule has 17 heavy (non-hydrogen) atoms. The van der Waals surface area contributed by atoms with Crippen molar-refractivity contribution in [1.82, 2.24) is 9.97 Å². The van der Waals surface area contributed by atoms with Gasteiger partial charge in [-0.15, -0.1) is 0 Å². The molecule has 1 unspecified atom stereocenters. The fraction of sp³-hybridized carbons (Fsp3) is 0.692. The molecule has 4 heteroatoms. The first kappa shape index (κ1) is 12.8. The van der Waals surface area contributed by atoms with Gasteiger partial charge in [-0.3, -0.25) is 0 Å². The maximum Gasteiger partial charge on any atom is 0.134 e. The average Bonchev–Trinajstić information content (AvgIpc) is 2.76. The van der Waals surface area contributed by atoms with Crippen molar-refractivity contribution < 1.29 is 0 Å². The minimum Gasteiger partial charge on any atom is -0.356 e. The van der Waals surface area contributed by atoms with Gasteiger partial charge in [0.1, 0.15) is 16.2 Å². The molecule has 0 saturated carbocycles. The van der Waals surface area contributed by atoms with E-state index in [0.717, 1.165) is 35.3 Å². The Balaban J connectivity index is 2.21. The molecule has 2 rings (SSSR count). The SMILES string of the molecule is CCC1CCN(c2cc(Br)nc(C(C)C)n2)C1. The van der Waals surface area contributed by atoms with E-state index in [1.54, 1.807) is 0 Å². The van der Waals surface area contributed by atoms with Crippen LogP contribution in [0, 0.1) is 5.92 Å². The van der Waals surface area contributed by atoms with E-state index in [4.69, 9.17) is 0 Å². The second-order valence-corrected chi connectivity index (χ2v) is 5.88. The van der Waals surface area contributed by atoms with Crippen LogP contribution in [-0.4, -0.2) is 23.1 Å². The zero-order valence-corrected chi connectivity index (χ0v) is 12.4. The Bertz CT molecular complexity index is 392. The lowest BCUT2D eigenvalue weighted by molar-refractivity contribution is 0.568. The number of nitrogens with zero attached hydrogens (tertiary/aromatic N) is 3. The van der Waals surface area contributed by atoms with Gasteiger partial charge in [0, 0.05) is 25.1 Å². The smallest absolute Gasteiger partial charge is 0.134 e. The predicted molar refractivity (Wildman–Crippen MR) is 74.4 cm³/mol. The zero-order valence-electron chi connectivity index (χ0n) is 10.8. The van der Waals surface area contributed by atoms with Crippen LogP contribution in [0.5, 0.6) is 0 Å². The summed E-state index contributed by atoms with van der Waals surface area (Å²) in [6.07, 6.45) is 2.55. The van der Waals surface area contributed by atoms with Crippen LogP contribution < -0.4 is 4.90 Å². The first-order chi connectivity index (χ1) is 8.10. The number of hydrogen-bond acceptors (Lipinski definition) is 3. The van der Waals surface area contributed by atoms with Crippen LogP contribution in [0.3, 0.4) is 0 Å². The molecule has 0 radical (unpaired) electrons. The number of halogens is 1. The van der Waals surface area contributed by atoms with Crippen molar-refractivity contribution >= 4 is 21.7 Å². The van der Waals surface area contributed by atoms with Crippen LogP contribution in [-0.2, 0) is 0 Å². The third kappa shape index (κ3) is 2.97. The van der Waals surface area contributed by atoms with Crippen LogP contribution in [0.1, 0.15) is 45.4 Å². The molecule has 1 aromatic heterocycles. The summed E-state index contributed by atoms with van der Waals surface area (Å²) in [5.41, 5.74) is 0. The van der Waals surface area contributed by atoms with E-state index in [1.807, 2.05) is 6.07 Å². The first-order valence-electron chi connectivity index (χ1n) is 6.39. The molecule has 1 aliphatic rings. The predicted octanol–water partition coefficient (Wildman–Crippen LogP) is 3.60. The molecule has 2 heterocycles. The summed E-state index contributed by atoms with van der Waals surface area (Å²) in [5, 5.41) is 0. The molecular formula is C13H20BrN3. The molecule has 1 aliphatic heterocycles. The van der Waals surface area contributed by atoms with Crippen LogP contribution in [0.2, 0.25) is 0 Å². The Morgan fingerprint density at radius 1 is 1.47 bits per heavy atom. The van der Waals surface area contributed by atoms with E-state index < -0.39 is 0 Å². The molecule has 1 aromatic rings. The highest BCUT2D eigenvalue weighted by Gasteiger charge is 2.23. The summed E-state index contributed by atoms with van der Waals surface area (Å²) < 4.78 is 0.895. The van der Waals surface area contributed by atoms with Gasteiger partial charge >= 0.3 is 0 Å². The lowest BCUT2D eigenvalue weighted by Gasteiger charge is -2.18. The van der Waals surface area contributed by atoms with Gasteiger partial charge < -0.3 is 4.90 Å². The first-order valence-corrected chi connectivity index (χ1v) is 7.19. The Hall–Kier alpha value is -0.640. The van der Waals surface area contributed by atoms with Gasteiger partial charge in [-0.2, -0.15) is 0 Å². The number of anilines is 1. The summed E-state index contributed by atoms with van der Waals surface area (Å²) >= 11 is 3.48. The quantitative estimate of drug-likeness (QED) is 0.798. The lowest BCUT2D eigenvalue weighted by Crippen LogP contribution is -2.21. The van der Waals surface area contributed by atoms with E-state index in [-0.39, 0.29) is 0 Å². The van der Waals surface area contributed by atoms with Gasteiger partial charge in [-0.25, -0.2) is 9.97 Å². The minimum atomic E-state index is 0.371. The zero-order chi connectivity index (χ0) is 12.4. The highest BCUT2D eigenvalue weighted by Crippen LogP contribution is 2.26. The molecular weight excluding hydrogens is 278 g/mol. The van der Waals surface area contributed by atoms with E-state index in [0.29, 0.717) is 5.92 Å². The molecule has 0 aromatic carbocycles. The molecule has 3 nitrogen and oxygen atoms in total. The van der Waals surface area contributed by atoms with Gasteiger partial charge in [-0.05, 0) is 28.3 Å². The van der Waals surface area contributed by atoms with Crippen LogP contribution in [0.4, 0.5) is 5.82 Å². The van der Waals surface area contributed by atoms with Crippen LogP contribution >= 0.6 is 15.9 Å². The number of aromatic nitrogens is 2. The third-order valence-corrected chi connectivity index (χ3v) is 3.81. The Labute approximate surface area is 112 Å². The molecule has 1 fully saturated rings. The molecule has 0 bridgehead atoms. The molecule has 0 spiro atoms. The van der Waals surface area contributed by atoms with Gasteiger partial charge in [0.05, 0.1) is 0 Å². The lowest BCUT2D eigenvalue weighted by atomic mass is 10.1. The molecule has 0 amide bonds. The average molecular weight is 298 g/mol. The maximum absolute atomic E-state index is 4.67. The molecule has 0 aliphatic carbocycles. The van der Waals surface area contributed by atoms with Gasteiger partial charge in [0.2, 0.25) is 0 Å². The van der Waals surface area contributed by atoms with Crippen LogP contribution in [0.15, 0.2) is 10.7 Å². The highest BCUT2D eigenvalue weighted by molar-refractivity contribution is 9.10. The van der Waals surface area contributed by atoms with E-state index >= 15 is 0 Å². The molecule has 1 atom stereocenters. The topological polar surface area (TPSA) is 29.0 Å². The molecule has 94 valence electrons. The second-order valence-electron chi connectivity index (χ2n) is 5.07. The maximum atomic E-state index is 4.67. The normalized spacial score (nSPS) is 20.3. The summed E-state index contributed by atoms with van der Waals surface area (Å²) in [5.74, 6) is 3.20. The second kappa shape index (κ2) is 5.34. The van der Waals surface area contributed by atoms with Crippen molar-refractivity contribution in [3.8, 4) is 0 Å². The standard InChI is InChI=1S/C13H20BrN3/c1-4-10-5-6-17(8-10)12-7-11(14)15-13(16-12)9(2)3/h7,9-10H,4-6,8H2,1-3H3. The Kier molecular flexibility index (Phi) is 4.02. The van der Waals surface area contributed by atoms with Crippen molar-refractivity contribution in [1.29, 1.82) is 0 Å². The monoisotopic (exact) mass is 297 g/mol. The Morgan fingerprint density at radius 3 is 2.82 bits per heavy atom. The summed E-state index contributed by atoms with van der Waals surface area (Å²) in [6.45, 7) is 8.79. The largest absolute Gasteiger partial charge is 0.356 e. The van der Waals surface area contributed by atoms with Crippen molar-refractivity contribution in [2.75, 3.05) is 18.0 Å². The summed E-state index contributed by atoms with van der Waals surface area (Å²) in [4.78, 5) is 11.5. The van der Waals surface area contributed by atoms with Gasteiger partial charge in [-0.1, -0.05) is 27.2 Å². The summed E-state index contributed by atoms with van der Waals surface area (Å²) in [7, 11) is 0. The van der Waals surface area contributed by atoms with Crippen molar-refractivity contribution in [2.45, 2.75) is 39.5 Å². The van der Waals surface area contributed by atoms with E-state index in [2.05, 4.69) is 51.6 Å². The van der Waals surface area contributed by atoms with E-state index in [9.17, 15) is 0 Å². The Morgan fingerprint density at radius 2 is 2.24 bits per heavy atom. The minimum absolute atomic E-state index is 0.371. The van der Waals surface area contributed by atoms with Gasteiger partial charge in [0.25, 0.3) is 0 Å². The van der Waals surface area contributed by atoms with Crippen molar-refractivity contribution in [3.63, 3.8) is 0 Å². The number of hydrogen-bond donors (Lipinski definition) is 0. The summed E-state index contributed by atoms with van der Waals surface area (Å²) in [6, 6.07) is 2.03. The van der Waals surface area contributed by atoms with Crippen molar-refractivity contribution in [3.05, 3.63) is 16.5 Å². The fourth-order valence-corrected chi connectivity index (χ4v) is 2.60. The highest BCUT2D eigenvalue weighted by atomic mass is 79.9.